The molecule has 2 atom stereocenters. The minimum atomic E-state index is -0.474. The first kappa shape index (κ1) is 12.2. The Morgan fingerprint density at radius 3 is 2.20 bits per heavy atom. The number of hydrogen-bond acceptors (Lipinski definition) is 2. The minimum Gasteiger partial charge on any atom is -0.391 e. The van der Waals surface area contributed by atoms with Crippen molar-refractivity contribution in [3.8, 4) is 0 Å². The highest BCUT2D eigenvalue weighted by Crippen LogP contribution is 2.22. The fourth-order valence-electron chi connectivity index (χ4n) is 1.64. The molecule has 0 aliphatic carbocycles. The number of benzene rings is 1. The fraction of sp³-hybridized carbons (Fsp3) is 0.538. The number of nitrogens with two attached hydrogens (primary N) is 1. The van der Waals surface area contributed by atoms with Gasteiger partial charge in [-0.05, 0) is 17.4 Å². The number of aliphatic hydroxyl groups excluding tert-OH is 1. The summed E-state index contributed by atoms with van der Waals surface area (Å²) in [7, 11) is 0. The van der Waals surface area contributed by atoms with Gasteiger partial charge in [0, 0.05) is 6.04 Å². The van der Waals surface area contributed by atoms with Gasteiger partial charge >= 0.3 is 0 Å². The van der Waals surface area contributed by atoms with Crippen molar-refractivity contribution in [3.63, 3.8) is 0 Å². The number of rotatable bonds is 3. The lowest BCUT2D eigenvalue weighted by atomic mass is 9.83. The molecule has 0 saturated heterocycles. The van der Waals surface area contributed by atoms with Crippen molar-refractivity contribution < 1.29 is 5.11 Å². The highest BCUT2D eigenvalue weighted by Gasteiger charge is 2.27. The van der Waals surface area contributed by atoms with E-state index in [4.69, 9.17) is 5.73 Å². The first-order valence-electron chi connectivity index (χ1n) is 5.39. The molecule has 0 bridgehead atoms. The first-order chi connectivity index (χ1) is 6.91. The molecule has 3 N–H and O–H groups in total. The summed E-state index contributed by atoms with van der Waals surface area (Å²) in [6.45, 7) is 6.01. The third kappa shape index (κ3) is 3.65. The second-order valence-corrected chi connectivity index (χ2v) is 5.16. The van der Waals surface area contributed by atoms with Gasteiger partial charge in [0.1, 0.15) is 0 Å². The van der Waals surface area contributed by atoms with Gasteiger partial charge in [0.25, 0.3) is 0 Å². The molecule has 0 radical (unpaired) electrons. The summed E-state index contributed by atoms with van der Waals surface area (Å²) >= 11 is 0. The minimum absolute atomic E-state index is 0.159. The van der Waals surface area contributed by atoms with Crippen LogP contribution in [0.15, 0.2) is 30.3 Å². The van der Waals surface area contributed by atoms with Gasteiger partial charge in [-0.1, -0.05) is 51.1 Å². The van der Waals surface area contributed by atoms with Gasteiger partial charge in [-0.25, -0.2) is 0 Å². The summed E-state index contributed by atoms with van der Waals surface area (Å²) in [5, 5.41) is 9.99. The molecule has 1 aromatic carbocycles. The topological polar surface area (TPSA) is 46.2 Å². The maximum Gasteiger partial charge on any atom is 0.0742 e. The maximum absolute atomic E-state index is 9.99. The van der Waals surface area contributed by atoms with Crippen LogP contribution in [0.2, 0.25) is 0 Å². The van der Waals surface area contributed by atoms with Gasteiger partial charge in [0.05, 0.1) is 6.10 Å². The molecule has 0 saturated carbocycles. The average molecular weight is 207 g/mol. The zero-order valence-corrected chi connectivity index (χ0v) is 9.77. The van der Waals surface area contributed by atoms with E-state index in [2.05, 4.69) is 0 Å². The summed E-state index contributed by atoms with van der Waals surface area (Å²) in [4.78, 5) is 0. The highest BCUT2D eigenvalue weighted by atomic mass is 16.3. The zero-order valence-electron chi connectivity index (χ0n) is 9.77. The van der Waals surface area contributed by atoms with E-state index in [1.165, 1.54) is 5.56 Å². The molecule has 0 spiro atoms. The predicted molar refractivity (Wildman–Crippen MR) is 63.6 cm³/mol. The number of aliphatic hydroxyl groups is 1. The van der Waals surface area contributed by atoms with Gasteiger partial charge in [-0.2, -0.15) is 0 Å². The SMILES string of the molecule is CC(C)(C)C(O)C(N)Cc1ccccc1. The Balaban J connectivity index is 2.60. The molecule has 0 fully saturated rings. The van der Waals surface area contributed by atoms with E-state index in [1.807, 2.05) is 51.1 Å². The maximum atomic E-state index is 9.99. The smallest absolute Gasteiger partial charge is 0.0742 e. The van der Waals surface area contributed by atoms with Crippen molar-refractivity contribution in [1.82, 2.24) is 0 Å². The molecule has 15 heavy (non-hydrogen) atoms. The molecule has 1 aromatic rings. The van der Waals surface area contributed by atoms with Crippen molar-refractivity contribution in [2.45, 2.75) is 39.3 Å². The normalized spacial score (nSPS) is 16.1. The molecule has 2 heteroatoms. The monoisotopic (exact) mass is 207 g/mol. The Hall–Kier alpha value is -0.860. The summed E-state index contributed by atoms with van der Waals surface area (Å²) in [6.07, 6.45) is 0.247. The lowest BCUT2D eigenvalue weighted by molar-refractivity contribution is 0.0406. The van der Waals surface area contributed by atoms with E-state index in [-0.39, 0.29) is 11.5 Å². The van der Waals surface area contributed by atoms with Crippen molar-refractivity contribution in [2.75, 3.05) is 0 Å². The van der Waals surface area contributed by atoms with Crippen LogP contribution in [0.5, 0.6) is 0 Å². The third-order valence-corrected chi connectivity index (χ3v) is 2.61. The van der Waals surface area contributed by atoms with E-state index >= 15 is 0 Å². The van der Waals surface area contributed by atoms with Crippen molar-refractivity contribution in [1.29, 1.82) is 0 Å². The van der Waals surface area contributed by atoms with E-state index in [9.17, 15) is 5.11 Å². The molecule has 1 rings (SSSR count). The van der Waals surface area contributed by atoms with Crippen LogP contribution < -0.4 is 5.73 Å². The standard InChI is InChI=1S/C13H21NO/c1-13(2,3)12(15)11(14)9-10-7-5-4-6-8-10/h4-8,11-12,15H,9,14H2,1-3H3. The van der Waals surface area contributed by atoms with Crippen LogP contribution in [0.4, 0.5) is 0 Å². The second-order valence-electron chi connectivity index (χ2n) is 5.16. The van der Waals surface area contributed by atoms with Crippen molar-refractivity contribution >= 4 is 0 Å². The Bertz CT molecular complexity index is 289. The Kier molecular flexibility index (Phi) is 3.89. The largest absolute Gasteiger partial charge is 0.391 e. The molecule has 84 valence electrons. The van der Waals surface area contributed by atoms with Gasteiger partial charge in [-0.3, -0.25) is 0 Å². The van der Waals surface area contributed by atoms with Crippen LogP contribution in [0, 0.1) is 5.41 Å². The molecule has 0 amide bonds. The molecule has 2 nitrogen and oxygen atoms in total. The first-order valence-corrected chi connectivity index (χ1v) is 5.39. The van der Waals surface area contributed by atoms with Gasteiger partial charge in [0.15, 0.2) is 0 Å². The van der Waals surface area contributed by atoms with E-state index in [0.717, 1.165) is 6.42 Å². The van der Waals surface area contributed by atoms with E-state index < -0.39 is 6.10 Å². The van der Waals surface area contributed by atoms with Crippen molar-refractivity contribution in [2.24, 2.45) is 11.1 Å². The Morgan fingerprint density at radius 1 is 1.20 bits per heavy atom. The summed E-state index contributed by atoms with van der Waals surface area (Å²) < 4.78 is 0. The predicted octanol–water partition coefficient (Wildman–Crippen LogP) is 1.96. The average Bonchev–Trinajstić information content (AvgIpc) is 2.16. The molecule has 0 aliphatic rings. The van der Waals surface area contributed by atoms with E-state index in [0.29, 0.717) is 0 Å². The fourth-order valence-corrected chi connectivity index (χ4v) is 1.64. The lowest BCUT2D eigenvalue weighted by Crippen LogP contribution is -2.44. The lowest BCUT2D eigenvalue weighted by Gasteiger charge is -2.30. The summed E-state index contributed by atoms with van der Waals surface area (Å²) in [5.74, 6) is 0. The van der Waals surface area contributed by atoms with Crippen LogP contribution in [0.3, 0.4) is 0 Å². The Morgan fingerprint density at radius 2 is 1.73 bits per heavy atom. The van der Waals surface area contributed by atoms with Crippen molar-refractivity contribution in [3.05, 3.63) is 35.9 Å². The van der Waals surface area contributed by atoms with Gasteiger partial charge in [-0.15, -0.1) is 0 Å². The van der Waals surface area contributed by atoms with Gasteiger partial charge in [0.2, 0.25) is 0 Å². The molecule has 0 aliphatic heterocycles. The molecule has 2 unspecified atom stereocenters. The van der Waals surface area contributed by atoms with Gasteiger partial charge < -0.3 is 10.8 Å². The highest BCUT2D eigenvalue weighted by molar-refractivity contribution is 5.16. The Labute approximate surface area is 92.1 Å². The molecule has 0 aromatic heterocycles. The van der Waals surface area contributed by atoms with E-state index in [1.54, 1.807) is 0 Å². The third-order valence-electron chi connectivity index (χ3n) is 2.61. The molecule has 0 heterocycles. The number of hydrogen-bond donors (Lipinski definition) is 2. The van der Waals surface area contributed by atoms with Crippen LogP contribution in [-0.4, -0.2) is 17.3 Å². The summed E-state index contributed by atoms with van der Waals surface area (Å²) in [6, 6.07) is 9.84. The second kappa shape index (κ2) is 4.77. The van der Waals surface area contributed by atoms with Crippen LogP contribution in [-0.2, 0) is 6.42 Å². The quantitative estimate of drug-likeness (QED) is 0.796. The van der Waals surface area contributed by atoms with Crippen LogP contribution in [0.1, 0.15) is 26.3 Å². The summed E-state index contributed by atoms with van der Waals surface area (Å²) in [5.41, 5.74) is 7.00. The van der Waals surface area contributed by atoms with Crippen LogP contribution in [0.25, 0.3) is 0 Å². The zero-order chi connectivity index (χ0) is 11.5. The van der Waals surface area contributed by atoms with Crippen LogP contribution >= 0.6 is 0 Å². The molecular weight excluding hydrogens is 186 g/mol. The molecular formula is C13H21NO.